The van der Waals surface area contributed by atoms with E-state index < -0.39 is 23.3 Å². The summed E-state index contributed by atoms with van der Waals surface area (Å²) in [5, 5.41) is 11.4. The Morgan fingerprint density at radius 2 is 1.50 bits per heavy atom. The third kappa shape index (κ3) is 3.67. The lowest BCUT2D eigenvalue weighted by Gasteiger charge is -2.34. The summed E-state index contributed by atoms with van der Waals surface area (Å²) in [4.78, 5) is 38.3. The Morgan fingerprint density at radius 1 is 1.00 bits per heavy atom. The number of nitrogens with two attached hydrogens (primary N) is 1. The molecule has 5 N–H and O–H groups in total. The van der Waals surface area contributed by atoms with Crippen LogP contribution in [0.5, 0.6) is 0 Å². The van der Waals surface area contributed by atoms with Gasteiger partial charge in [0.2, 0.25) is 0 Å². The average Bonchev–Trinajstić information content (AvgIpc) is 3.55. The van der Waals surface area contributed by atoms with Gasteiger partial charge in [-0.1, -0.05) is 36.4 Å². The van der Waals surface area contributed by atoms with Gasteiger partial charge in [0, 0.05) is 25.2 Å². The van der Waals surface area contributed by atoms with Crippen LogP contribution in [0.15, 0.2) is 48.5 Å². The smallest absolute Gasteiger partial charge is 0.278 e. The molecule has 2 aromatic rings. The highest BCUT2D eigenvalue weighted by atomic mass is 16.5. The topological polar surface area (TPSA) is 125 Å². The van der Waals surface area contributed by atoms with Crippen LogP contribution in [0.4, 0.5) is 0 Å². The molecule has 1 fully saturated rings. The number of hydrogen-bond donors (Lipinski definition) is 4. The van der Waals surface area contributed by atoms with E-state index in [1.165, 1.54) is 26.5 Å². The van der Waals surface area contributed by atoms with E-state index in [2.05, 4.69) is 5.32 Å². The van der Waals surface area contributed by atoms with Crippen LogP contribution in [-0.4, -0.2) is 47.5 Å². The summed E-state index contributed by atoms with van der Waals surface area (Å²) in [7, 11) is 2.68. The van der Waals surface area contributed by atoms with Gasteiger partial charge in [0.05, 0.1) is 0 Å². The zero-order chi connectivity index (χ0) is 22.1. The van der Waals surface area contributed by atoms with E-state index in [9.17, 15) is 14.4 Å². The Balaban J connectivity index is 1.81. The lowest BCUT2D eigenvalue weighted by Crippen LogP contribution is -2.64. The summed E-state index contributed by atoms with van der Waals surface area (Å²) < 4.78 is 0. The first-order chi connectivity index (χ1) is 14.2. The van der Waals surface area contributed by atoms with Gasteiger partial charge >= 0.3 is 0 Å². The highest BCUT2D eigenvalue weighted by Gasteiger charge is 2.47. The van der Waals surface area contributed by atoms with Crippen molar-refractivity contribution in [2.45, 2.75) is 30.8 Å². The third-order valence-electron chi connectivity index (χ3n) is 5.90. The van der Waals surface area contributed by atoms with Crippen LogP contribution in [0.25, 0.3) is 11.1 Å². The maximum absolute atomic E-state index is 12.9. The van der Waals surface area contributed by atoms with Crippen molar-refractivity contribution in [2.24, 2.45) is 5.73 Å². The zero-order valence-electron chi connectivity index (χ0n) is 17.2. The van der Waals surface area contributed by atoms with Crippen molar-refractivity contribution in [3.05, 3.63) is 59.7 Å². The van der Waals surface area contributed by atoms with Gasteiger partial charge in [-0.3, -0.25) is 19.6 Å². The van der Waals surface area contributed by atoms with E-state index in [0.717, 1.165) is 34.4 Å². The van der Waals surface area contributed by atoms with E-state index in [0.29, 0.717) is 5.56 Å². The molecule has 0 saturated heterocycles. The minimum Gasteiger partial charge on any atom is -0.357 e. The summed E-state index contributed by atoms with van der Waals surface area (Å²) in [6.07, 6.45) is 2.00. The molecule has 30 heavy (non-hydrogen) atoms. The van der Waals surface area contributed by atoms with Crippen LogP contribution in [0.2, 0.25) is 0 Å². The Labute approximate surface area is 175 Å². The Kier molecular flexibility index (Phi) is 5.65. The van der Waals surface area contributed by atoms with Crippen molar-refractivity contribution in [1.29, 1.82) is 0 Å². The number of rotatable bonds is 6. The molecule has 1 aliphatic rings. The molecule has 2 aromatic carbocycles. The molecule has 0 spiro atoms. The normalized spacial score (nSPS) is 16.2. The second-order valence-corrected chi connectivity index (χ2v) is 7.77. The van der Waals surface area contributed by atoms with Crippen molar-refractivity contribution < 1.29 is 19.6 Å². The van der Waals surface area contributed by atoms with E-state index in [-0.39, 0.29) is 5.54 Å². The largest absolute Gasteiger partial charge is 0.357 e. The number of hydrogen-bond acceptors (Lipinski definition) is 5. The van der Waals surface area contributed by atoms with Crippen molar-refractivity contribution in [1.82, 2.24) is 15.7 Å². The lowest BCUT2D eigenvalue weighted by molar-refractivity contribution is -0.148. The molecule has 158 valence electrons. The maximum atomic E-state index is 12.9. The molecule has 1 atom stereocenters. The zero-order valence-corrected chi connectivity index (χ0v) is 17.2. The van der Waals surface area contributed by atoms with Gasteiger partial charge in [0.15, 0.2) is 5.54 Å². The van der Waals surface area contributed by atoms with Crippen molar-refractivity contribution >= 4 is 17.7 Å². The number of nitrogens with zero attached hydrogens (tertiary/aromatic N) is 1. The molecular weight excluding hydrogens is 384 g/mol. The number of benzene rings is 2. The number of hydroxylamine groups is 1. The van der Waals surface area contributed by atoms with Crippen LogP contribution < -0.4 is 16.5 Å². The van der Waals surface area contributed by atoms with Crippen molar-refractivity contribution in [3.8, 4) is 11.1 Å². The minimum atomic E-state index is -1.92. The summed E-state index contributed by atoms with van der Waals surface area (Å²) in [5.74, 6) is -2.27. The first-order valence-corrected chi connectivity index (χ1v) is 9.62. The van der Waals surface area contributed by atoms with Crippen LogP contribution in [0.3, 0.4) is 0 Å². The maximum Gasteiger partial charge on any atom is 0.278 e. The molecule has 0 heterocycles. The predicted octanol–water partition coefficient (Wildman–Crippen LogP) is 1.38. The molecule has 3 amide bonds. The lowest BCUT2D eigenvalue weighted by atomic mass is 9.96. The Bertz CT molecular complexity index is 950. The standard InChI is InChI=1S/C22H26N4O4/c1-21(19(28)24-2,20(29)25-30)26(3)18(27)16-6-4-14(5-7-16)15-8-10-17(11-9-15)22(23)12-13-22/h4-11,30H,12-13,23H2,1-3H3,(H,24,28)(H,25,29)/t21-/m0/s1. The van der Waals surface area contributed by atoms with Crippen LogP contribution in [-0.2, 0) is 15.1 Å². The number of carbonyl (C=O) groups excluding carboxylic acids is 3. The van der Waals surface area contributed by atoms with E-state index in [4.69, 9.17) is 10.9 Å². The Morgan fingerprint density at radius 3 is 1.93 bits per heavy atom. The highest BCUT2D eigenvalue weighted by molar-refractivity contribution is 6.12. The van der Waals surface area contributed by atoms with Crippen LogP contribution in [0.1, 0.15) is 35.7 Å². The van der Waals surface area contributed by atoms with Crippen molar-refractivity contribution in [2.75, 3.05) is 14.1 Å². The van der Waals surface area contributed by atoms with Crippen molar-refractivity contribution in [3.63, 3.8) is 0 Å². The number of amides is 3. The fourth-order valence-corrected chi connectivity index (χ4v) is 3.38. The van der Waals surface area contributed by atoms with Gasteiger partial charge in [0.1, 0.15) is 0 Å². The summed E-state index contributed by atoms with van der Waals surface area (Å²) in [6.45, 7) is 1.26. The van der Waals surface area contributed by atoms with Gasteiger partial charge in [-0.15, -0.1) is 0 Å². The summed E-state index contributed by atoms with van der Waals surface area (Å²) in [5.41, 5.74) is 8.91. The highest BCUT2D eigenvalue weighted by Crippen LogP contribution is 2.42. The predicted molar refractivity (Wildman–Crippen MR) is 111 cm³/mol. The number of nitrogens with one attached hydrogen (secondary N) is 2. The summed E-state index contributed by atoms with van der Waals surface area (Å²) in [6, 6.07) is 14.9. The number of carbonyl (C=O) groups is 3. The molecule has 1 aliphatic carbocycles. The second-order valence-electron chi connectivity index (χ2n) is 7.77. The SMILES string of the molecule is CNC(=O)[C@@](C)(C(=O)NO)N(C)C(=O)c1ccc(-c2ccc(C3(N)CC3)cc2)cc1. The molecule has 0 radical (unpaired) electrons. The number of likely N-dealkylation sites (N-methyl/N-ethyl adjacent to an activating group) is 2. The van der Waals surface area contributed by atoms with Gasteiger partial charge < -0.3 is 16.0 Å². The van der Waals surface area contributed by atoms with Crippen LogP contribution >= 0.6 is 0 Å². The first-order valence-electron chi connectivity index (χ1n) is 9.62. The monoisotopic (exact) mass is 410 g/mol. The molecule has 8 nitrogen and oxygen atoms in total. The fourth-order valence-electron chi connectivity index (χ4n) is 3.38. The fraction of sp³-hybridized carbons (Fsp3) is 0.318. The quantitative estimate of drug-likeness (QED) is 0.325. The average molecular weight is 410 g/mol. The minimum absolute atomic E-state index is 0.183. The molecule has 0 aromatic heterocycles. The third-order valence-corrected chi connectivity index (χ3v) is 5.90. The molecule has 1 saturated carbocycles. The molecule has 0 unspecified atom stereocenters. The molecule has 0 aliphatic heterocycles. The van der Waals surface area contributed by atoms with E-state index >= 15 is 0 Å². The Hall–Kier alpha value is -3.23. The van der Waals surface area contributed by atoms with Gasteiger partial charge in [0.25, 0.3) is 17.7 Å². The van der Waals surface area contributed by atoms with Crippen LogP contribution in [0, 0.1) is 0 Å². The molecule has 0 bridgehead atoms. The summed E-state index contributed by atoms with van der Waals surface area (Å²) >= 11 is 0. The van der Waals surface area contributed by atoms with Gasteiger partial charge in [-0.25, -0.2) is 5.48 Å². The first kappa shape index (κ1) is 21.5. The van der Waals surface area contributed by atoms with E-state index in [1.807, 2.05) is 24.3 Å². The molecule has 8 heteroatoms. The molecular formula is C22H26N4O4. The van der Waals surface area contributed by atoms with E-state index in [1.54, 1.807) is 24.3 Å². The molecule has 3 rings (SSSR count). The van der Waals surface area contributed by atoms with Gasteiger partial charge in [-0.2, -0.15) is 0 Å². The second kappa shape index (κ2) is 7.89. The van der Waals surface area contributed by atoms with Gasteiger partial charge in [-0.05, 0) is 48.6 Å².